The number of halogens is 2. The van der Waals surface area contributed by atoms with E-state index in [-0.39, 0.29) is 0 Å². The lowest BCUT2D eigenvalue weighted by Gasteiger charge is -2.14. The van der Waals surface area contributed by atoms with Crippen LogP contribution in [0.1, 0.15) is 12.2 Å². The Kier molecular flexibility index (Phi) is 3.70. The lowest BCUT2D eigenvalue weighted by molar-refractivity contribution is 0.378. The van der Waals surface area contributed by atoms with Crippen molar-refractivity contribution < 1.29 is 0 Å². The van der Waals surface area contributed by atoms with Crippen LogP contribution in [0.5, 0.6) is 0 Å². The average molecular weight is 298 g/mol. The Morgan fingerprint density at radius 3 is 2.95 bits per heavy atom. The molecular formula is C14H17Cl2N3. The summed E-state index contributed by atoms with van der Waals surface area (Å²) in [5.41, 5.74) is 1.96. The maximum absolute atomic E-state index is 6.33. The fourth-order valence-corrected chi connectivity index (χ4v) is 3.40. The largest absolute Gasteiger partial charge is 0.325 e. The summed E-state index contributed by atoms with van der Waals surface area (Å²) in [6.45, 7) is 3.25. The Labute approximate surface area is 123 Å². The monoisotopic (exact) mass is 297 g/mol. The van der Waals surface area contributed by atoms with Gasteiger partial charge in [-0.25, -0.2) is 4.98 Å². The van der Waals surface area contributed by atoms with Gasteiger partial charge in [0, 0.05) is 13.1 Å². The van der Waals surface area contributed by atoms with Gasteiger partial charge in [-0.15, -0.1) is 11.6 Å². The molecule has 5 heteroatoms. The Morgan fingerprint density at radius 2 is 2.26 bits per heavy atom. The van der Waals surface area contributed by atoms with Crippen molar-refractivity contribution in [2.75, 3.05) is 20.1 Å². The summed E-state index contributed by atoms with van der Waals surface area (Å²) >= 11 is 12.4. The van der Waals surface area contributed by atoms with Gasteiger partial charge in [-0.3, -0.25) is 0 Å². The molecule has 0 N–H and O–H groups in total. The van der Waals surface area contributed by atoms with Crippen LogP contribution < -0.4 is 0 Å². The minimum absolute atomic E-state index is 0.424. The number of hydrogen-bond acceptors (Lipinski definition) is 2. The van der Waals surface area contributed by atoms with E-state index in [1.54, 1.807) is 0 Å². The van der Waals surface area contributed by atoms with Crippen LogP contribution in [0.4, 0.5) is 0 Å². The molecule has 1 aliphatic rings. The van der Waals surface area contributed by atoms with Gasteiger partial charge in [-0.1, -0.05) is 17.7 Å². The van der Waals surface area contributed by atoms with Crippen molar-refractivity contribution in [3.8, 4) is 0 Å². The minimum atomic E-state index is 0.424. The molecule has 102 valence electrons. The number of nitrogens with zero attached hydrogens (tertiary/aromatic N) is 3. The van der Waals surface area contributed by atoms with E-state index in [0.29, 0.717) is 11.8 Å². The Hall–Kier alpha value is -0.770. The summed E-state index contributed by atoms with van der Waals surface area (Å²) < 4.78 is 2.20. The number of likely N-dealkylation sites (tertiary alicyclic amines) is 1. The number of benzene rings is 1. The third-order valence-electron chi connectivity index (χ3n) is 3.85. The number of alkyl halides is 1. The summed E-state index contributed by atoms with van der Waals surface area (Å²) in [7, 11) is 2.17. The van der Waals surface area contributed by atoms with Crippen molar-refractivity contribution in [1.82, 2.24) is 14.5 Å². The predicted octanol–water partition coefficient (Wildman–Crippen LogP) is 3.38. The molecule has 1 aromatic carbocycles. The molecule has 2 aromatic rings. The second kappa shape index (κ2) is 5.31. The van der Waals surface area contributed by atoms with Crippen LogP contribution in [-0.4, -0.2) is 34.6 Å². The summed E-state index contributed by atoms with van der Waals surface area (Å²) in [6.07, 6.45) is 1.22. The van der Waals surface area contributed by atoms with Gasteiger partial charge in [0.25, 0.3) is 0 Å². The van der Waals surface area contributed by atoms with Crippen molar-refractivity contribution in [1.29, 1.82) is 0 Å². The van der Waals surface area contributed by atoms with Crippen LogP contribution in [0.15, 0.2) is 18.2 Å². The molecule has 1 atom stereocenters. The lowest BCUT2D eigenvalue weighted by atomic mass is 10.1. The third kappa shape index (κ3) is 2.47. The molecule has 1 saturated heterocycles. The highest BCUT2D eigenvalue weighted by Crippen LogP contribution is 2.27. The van der Waals surface area contributed by atoms with Crippen LogP contribution >= 0.6 is 23.2 Å². The molecule has 1 fully saturated rings. The standard InChI is InChI=1S/C14H17Cl2N3/c1-18-6-5-10(8-18)9-19-13(7-15)17-12-4-2-3-11(16)14(12)19/h2-4,10H,5-9H2,1H3. The third-order valence-corrected chi connectivity index (χ3v) is 4.39. The zero-order valence-electron chi connectivity index (χ0n) is 10.9. The van der Waals surface area contributed by atoms with Crippen molar-refractivity contribution >= 4 is 34.2 Å². The van der Waals surface area contributed by atoms with Crippen LogP contribution in [-0.2, 0) is 12.4 Å². The first-order chi connectivity index (χ1) is 9.19. The second-order valence-corrected chi connectivity index (χ2v) is 5.97. The van der Waals surface area contributed by atoms with Crippen molar-refractivity contribution in [2.45, 2.75) is 18.8 Å². The molecule has 0 aliphatic carbocycles. The molecular weight excluding hydrogens is 281 g/mol. The minimum Gasteiger partial charge on any atom is -0.325 e. The molecule has 1 aliphatic heterocycles. The van der Waals surface area contributed by atoms with E-state index < -0.39 is 0 Å². The van der Waals surface area contributed by atoms with E-state index >= 15 is 0 Å². The average Bonchev–Trinajstić information content (AvgIpc) is 2.95. The zero-order valence-corrected chi connectivity index (χ0v) is 12.5. The van der Waals surface area contributed by atoms with E-state index in [2.05, 4.69) is 21.5 Å². The summed E-state index contributed by atoms with van der Waals surface area (Å²) in [4.78, 5) is 6.95. The smallest absolute Gasteiger partial charge is 0.124 e. The van der Waals surface area contributed by atoms with Gasteiger partial charge >= 0.3 is 0 Å². The predicted molar refractivity (Wildman–Crippen MR) is 79.9 cm³/mol. The molecule has 1 aromatic heterocycles. The first-order valence-corrected chi connectivity index (χ1v) is 7.48. The molecule has 0 bridgehead atoms. The number of fused-ring (bicyclic) bond motifs is 1. The van der Waals surface area contributed by atoms with Gasteiger partial charge < -0.3 is 9.47 Å². The van der Waals surface area contributed by atoms with Crippen LogP contribution in [0.3, 0.4) is 0 Å². The highest BCUT2D eigenvalue weighted by atomic mass is 35.5. The zero-order chi connectivity index (χ0) is 13.4. The van der Waals surface area contributed by atoms with Crippen LogP contribution in [0.2, 0.25) is 5.02 Å². The highest BCUT2D eigenvalue weighted by Gasteiger charge is 2.22. The highest BCUT2D eigenvalue weighted by molar-refractivity contribution is 6.35. The van der Waals surface area contributed by atoms with Crippen molar-refractivity contribution in [3.05, 3.63) is 29.0 Å². The molecule has 1 unspecified atom stereocenters. The van der Waals surface area contributed by atoms with Crippen molar-refractivity contribution in [3.63, 3.8) is 0 Å². The van der Waals surface area contributed by atoms with Crippen molar-refractivity contribution in [2.24, 2.45) is 5.92 Å². The van der Waals surface area contributed by atoms with Crippen LogP contribution in [0.25, 0.3) is 11.0 Å². The number of imidazole rings is 1. The van der Waals surface area contributed by atoms with Crippen LogP contribution in [0, 0.1) is 5.92 Å². The maximum atomic E-state index is 6.33. The van der Waals surface area contributed by atoms with E-state index in [9.17, 15) is 0 Å². The topological polar surface area (TPSA) is 21.1 Å². The molecule has 2 heterocycles. The molecule has 3 nitrogen and oxygen atoms in total. The van der Waals surface area contributed by atoms with Gasteiger partial charge in [0.05, 0.1) is 21.9 Å². The summed E-state index contributed by atoms with van der Waals surface area (Å²) in [5, 5.41) is 0.757. The van der Waals surface area contributed by atoms with E-state index in [1.165, 1.54) is 13.0 Å². The summed E-state index contributed by atoms with van der Waals surface area (Å²) in [5.74, 6) is 1.99. The van der Waals surface area contributed by atoms with E-state index in [0.717, 1.165) is 35.0 Å². The van der Waals surface area contributed by atoms with E-state index in [4.69, 9.17) is 23.2 Å². The van der Waals surface area contributed by atoms with Gasteiger partial charge in [-0.2, -0.15) is 0 Å². The van der Waals surface area contributed by atoms with Gasteiger partial charge in [0.2, 0.25) is 0 Å². The number of rotatable bonds is 3. The molecule has 0 radical (unpaired) electrons. The quantitative estimate of drug-likeness (QED) is 0.810. The molecule has 0 saturated carbocycles. The molecule has 0 spiro atoms. The Bertz CT molecular complexity index is 594. The lowest BCUT2D eigenvalue weighted by Crippen LogP contribution is -2.18. The molecule has 0 amide bonds. The van der Waals surface area contributed by atoms with Gasteiger partial charge in [-0.05, 0) is 38.1 Å². The van der Waals surface area contributed by atoms with Gasteiger partial charge in [0.1, 0.15) is 5.82 Å². The number of para-hydroxylation sites is 1. The summed E-state index contributed by atoms with van der Waals surface area (Å²) in [6, 6.07) is 5.85. The number of hydrogen-bond donors (Lipinski definition) is 0. The number of aromatic nitrogens is 2. The Balaban J connectivity index is 2.00. The maximum Gasteiger partial charge on any atom is 0.124 e. The Morgan fingerprint density at radius 1 is 1.42 bits per heavy atom. The van der Waals surface area contributed by atoms with Gasteiger partial charge in [0.15, 0.2) is 0 Å². The first kappa shape index (κ1) is 13.2. The fraction of sp³-hybridized carbons (Fsp3) is 0.500. The van der Waals surface area contributed by atoms with E-state index in [1.807, 2.05) is 18.2 Å². The fourth-order valence-electron chi connectivity index (χ4n) is 2.92. The first-order valence-electron chi connectivity index (χ1n) is 6.57. The molecule has 3 rings (SSSR count). The SMILES string of the molecule is CN1CCC(Cn2c(CCl)nc3cccc(Cl)c32)C1. The normalized spacial score (nSPS) is 20.5. The second-order valence-electron chi connectivity index (χ2n) is 5.30. The molecule has 19 heavy (non-hydrogen) atoms.